The van der Waals surface area contributed by atoms with Gasteiger partial charge in [-0.05, 0) is 18.8 Å². The number of hydrogen-bond donors (Lipinski definition) is 1. The van der Waals surface area contributed by atoms with E-state index in [0.29, 0.717) is 18.8 Å². The first-order valence-electron chi connectivity index (χ1n) is 5.88. The Morgan fingerprint density at radius 3 is 3.12 bits per heavy atom. The van der Waals surface area contributed by atoms with E-state index in [9.17, 15) is 9.59 Å². The minimum atomic E-state index is 0.158. The number of likely N-dealkylation sites (tertiary alicyclic amines) is 1. The van der Waals surface area contributed by atoms with Crippen LogP contribution in [0.1, 0.15) is 25.7 Å². The zero-order valence-electron chi connectivity index (χ0n) is 9.45. The first-order chi connectivity index (χ1) is 7.70. The van der Waals surface area contributed by atoms with Crippen molar-refractivity contribution >= 4 is 11.8 Å². The maximum atomic E-state index is 11.7. The van der Waals surface area contributed by atoms with E-state index in [4.69, 9.17) is 0 Å². The fourth-order valence-corrected chi connectivity index (χ4v) is 2.59. The van der Waals surface area contributed by atoms with Crippen LogP contribution in [-0.4, -0.2) is 35.8 Å². The van der Waals surface area contributed by atoms with Crippen molar-refractivity contribution in [1.29, 1.82) is 0 Å². The summed E-state index contributed by atoms with van der Waals surface area (Å²) in [4.78, 5) is 24.8. The maximum absolute atomic E-state index is 11.7. The minimum Gasteiger partial charge on any atom is -0.353 e. The molecule has 2 aliphatic heterocycles. The summed E-state index contributed by atoms with van der Waals surface area (Å²) in [7, 11) is 0. The van der Waals surface area contributed by atoms with E-state index in [1.165, 1.54) is 0 Å². The summed E-state index contributed by atoms with van der Waals surface area (Å²) in [6.07, 6.45) is 4.47. The Labute approximate surface area is 95.7 Å². The van der Waals surface area contributed by atoms with E-state index in [0.717, 1.165) is 25.9 Å². The second-order valence-electron chi connectivity index (χ2n) is 4.59. The lowest BCUT2D eigenvalue weighted by molar-refractivity contribution is -0.134. The topological polar surface area (TPSA) is 49.4 Å². The fourth-order valence-electron chi connectivity index (χ4n) is 2.59. The summed E-state index contributed by atoms with van der Waals surface area (Å²) in [6, 6.07) is 0.286. The Balaban J connectivity index is 1.93. The number of carbonyl (C=O) groups excluding carboxylic acids is 2. The monoisotopic (exact) mass is 222 g/mol. The van der Waals surface area contributed by atoms with E-state index in [2.05, 4.69) is 11.9 Å². The maximum Gasteiger partial charge on any atom is 0.226 e. The Kier molecular flexibility index (Phi) is 3.27. The van der Waals surface area contributed by atoms with Crippen LogP contribution in [-0.2, 0) is 9.59 Å². The predicted molar refractivity (Wildman–Crippen MR) is 60.7 cm³/mol. The molecule has 0 saturated carbocycles. The van der Waals surface area contributed by atoms with Gasteiger partial charge in [-0.25, -0.2) is 0 Å². The minimum absolute atomic E-state index is 0.158. The number of hydrogen-bond acceptors (Lipinski definition) is 2. The van der Waals surface area contributed by atoms with Gasteiger partial charge in [-0.2, -0.15) is 0 Å². The van der Waals surface area contributed by atoms with Crippen LogP contribution < -0.4 is 5.32 Å². The average molecular weight is 222 g/mol. The lowest BCUT2D eigenvalue weighted by Gasteiger charge is -2.41. The first kappa shape index (κ1) is 11.2. The van der Waals surface area contributed by atoms with Crippen molar-refractivity contribution in [2.75, 3.05) is 13.1 Å². The molecule has 2 fully saturated rings. The Morgan fingerprint density at radius 2 is 2.38 bits per heavy atom. The number of amides is 2. The normalized spacial score (nSPS) is 29.2. The average Bonchev–Trinajstić information content (AvgIpc) is 2.28. The third-order valence-electron chi connectivity index (χ3n) is 3.49. The number of nitrogens with one attached hydrogen (secondary N) is 1. The highest BCUT2D eigenvalue weighted by Gasteiger charge is 2.34. The van der Waals surface area contributed by atoms with Crippen molar-refractivity contribution in [3.05, 3.63) is 12.7 Å². The summed E-state index contributed by atoms with van der Waals surface area (Å²) in [5, 5.41) is 3.01. The van der Waals surface area contributed by atoms with Gasteiger partial charge in [-0.1, -0.05) is 6.08 Å². The molecule has 4 nitrogen and oxygen atoms in total. The fraction of sp³-hybridized carbons (Fsp3) is 0.667. The van der Waals surface area contributed by atoms with Gasteiger partial charge in [0.2, 0.25) is 11.8 Å². The molecule has 2 saturated heterocycles. The van der Waals surface area contributed by atoms with E-state index in [-0.39, 0.29) is 17.9 Å². The van der Waals surface area contributed by atoms with Crippen molar-refractivity contribution in [3.8, 4) is 0 Å². The molecule has 2 aliphatic rings. The standard InChI is InChI=1S/C12H18N2O2/c1-2-3-12(16)14-7-6-10-9(8-14)4-5-11(15)13-10/h2,9-10H,1,3-8H2,(H,13,15). The van der Waals surface area contributed by atoms with Gasteiger partial charge >= 0.3 is 0 Å². The third-order valence-corrected chi connectivity index (χ3v) is 3.49. The van der Waals surface area contributed by atoms with Gasteiger partial charge in [0, 0.05) is 32.0 Å². The third kappa shape index (κ3) is 2.26. The number of rotatable bonds is 2. The highest BCUT2D eigenvalue weighted by atomic mass is 16.2. The van der Waals surface area contributed by atoms with Gasteiger partial charge in [0.25, 0.3) is 0 Å². The zero-order valence-corrected chi connectivity index (χ0v) is 9.45. The summed E-state index contributed by atoms with van der Waals surface area (Å²) in [6.45, 7) is 5.13. The van der Waals surface area contributed by atoms with Crippen LogP contribution in [0.3, 0.4) is 0 Å². The van der Waals surface area contributed by atoms with Crippen LogP contribution in [0.5, 0.6) is 0 Å². The van der Waals surface area contributed by atoms with Crippen LogP contribution in [0, 0.1) is 5.92 Å². The number of nitrogens with zero attached hydrogens (tertiary/aromatic N) is 1. The summed E-state index contributed by atoms with van der Waals surface area (Å²) in [5.74, 6) is 0.762. The van der Waals surface area contributed by atoms with Gasteiger partial charge in [0.1, 0.15) is 0 Å². The van der Waals surface area contributed by atoms with Crippen LogP contribution >= 0.6 is 0 Å². The van der Waals surface area contributed by atoms with E-state index in [1.807, 2.05) is 4.90 Å². The molecular formula is C12H18N2O2. The van der Waals surface area contributed by atoms with Crippen LogP contribution in [0.25, 0.3) is 0 Å². The van der Waals surface area contributed by atoms with Crippen molar-refractivity contribution in [3.63, 3.8) is 0 Å². The van der Waals surface area contributed by atoms with Crippen LogP contribution in [0.15, 0.2) is 12.7 Å². The second kappa shape index (κ2) is 4.68. The molecule has 16 heavy (non-hydrogen) atoms. The lowest BCUT2D eigenvalue weighted by atomic mass is 9.85. The highest BCUT2D eigenvalue weighted by Crippen LogP contribution is 2.25. The quantitative estimate of drug-likeness (QED) is 0.699. The molecule has 0 bridgehead atoms. The molecule has 88 valence electrons. The molecule has 2 rings (SSSR count). The van der Waals surface area contributed by atoms with Crippen LogP contribution in [0.2, 0.25) is 0 Å². The zero-order chi connectivity index (χ0) is 11.5. The van der Waals surface area contributed by atoms with Gasteiger partial charge in [0.05, 0.1) is 0 Å². The molecule has 2 amide bonds. The molecular weight excluding hydrogens is 204 g/mol. The van der Waals surface area contributed by atoms with Gasteiger partial charge in [-0.15, -0.1) is 6.58 Å². The molecule has 0 radical (unpaired) electrons. The lowest BCUT2D eigenvalue weighted by Crippen LogP contribution is -2.55. The molecule has 2 heterocycles. The smallest absolute Gasteiger partial charge is 0.226 e. The molecule has 0 spiro atoms. The van der Waals surface area contributed by atoms with Crippen LogP contribution in [0.4, 0.5) is 0 Å². The van der Waals surface area contributed by atoms with Crippen molar-refractivity contribution in [1.82, 2.24) is 10.2 Å². The highest BCUT2D eigenvalue weighted by molar-refractivity contribution is 5.79. The van der Waals surface area contributed by atoms with Crippen molar-refractivity contribution in [2.45, 2.75) is 31.7 Å². The number of fused-ring (bicyclic) bond motifs is 1. The molecule has 0 aliphatic carbocycles. The largest absolute Gasteiger partial charge is 0.353 e. The molecule has 0 aromatic heterocycles. The van der Waals surface area contributed by atoms with Crippen molar-refractivity contribution in [2.24, 2.45) is 5.92 Å². The Morgan fingerprint density at radius 1 is 1.56 bits per heavy atom. The summed E-state index contributed by atoms with van der Waals surface area (Å²) >= 11 is 0. The Bertz CT molecular complexity index is 314. The van der Waals surface area contributed by atoms with E-state index < -0.39 is 0 Å². The number of carbonyl (C=O) groups is 2. The van der Waals surface area contributed by atoms with Gasteiger partial charge in [-0.3, -0.25) is 9.59 Å². The molecule has 1 N–H and O–H groups in total. The predicted octanol–water partition coefficient (Wildman–Crippen LogP) is 0.690. The molecule has 4 heteroatoms. The van der Waals surface area contributed by atoms with E-state index >= 15 is 0 Å². The Hall–Kier alpha value is -1.32. The van der Waals surface area contributed by atoms with Gasteiger partial charge < -0.3 is 10.2 Å². The molecule has 2 atom stereocenters. The van der Waals surface area contributed by atoms with E-state index in [1.54, 1.807) is 6.08 Å². The van der Waals surface area contributed by atoms with Crippen molar-refractivity contribution < 1.29 is 9.59 Å². The molecule has 2 unspecified atom stereocenters. The van der Waals surface area contributed by atoms with Gasteiger partial charge in [0.15, 0.2) is 0 Å². The summed E-state index contributed by atoms with van der Waals surface area (Å²) < 4.78 is 0. The SMILES string of the molecule is C=CCC(=O)N1CCC2NC(=O)CCC2C1. The second-order valence-corrected chi connectivity index (χ2v) is 4.59. The summed E-state index contributed by atoms with van der Waals surface area (Å²) in [5.41, 5.74) is 0. The molecule has 0 aromatic rings. The molecule has 0 aromatic carbocycles. The number of piperidine rings is 2. The first-order valence-corrected chi connectivity index (χ1v) is 5.88.